The highest BCUT2D eigenvalue weighted by Crippen LogP contribution is 2.29. The molecule has 1 rings (SSSR count). The van der Waals surface area contributed by atoms with Gasteiger partial charge in [-0.3, -0.25) is 0 Å². The van der Waals surface area contributed by atoms with Crippen molar-refractivity contribution in [3.63, 3.8) is 0 Å². The molecule has 0 nitrogen and oxygen atoms in total. The Balaban J connectivity index is 2.66. The molecule has 0 aromatic heterocycles. The summed E-state index contributed by atoms with van der Waals surface area (Å²) in [6, 6.07) is 6.44. The van der Waals surface area contributed by atoms with Crippen LogP contribution in [0.3, 0.4) is 0 Å². The molecule has 0 heterocycles. The molecule has 1 aromatic rings. The van der Waals surface area contributed by atoms with Crippen molar-refractivity contribution in [2.45, 2.75) is 38.8 Å². The van der Waals surface area contributed by atoms with Crippen LogP contribution in [0.5, 0.6) is 0 Å². The van der Waals surface area contributed by atoms with E-state index in [0.717, 1.165) is 25.3 Å². The van der Waals surface area contributed by atoms with E-state index >= 15 is 0 Å². The molecule has 0 aliphatic heterocycles. The largest absolute Gasteiger partial charge is 0.416 e. The summed E-state index contributed by atoms with van der Waals surface area (Å²) in [4.78, 5) is 0. The fourth-order valence-corrected chi connectivity index (χ4v) is 1.40. The molecule has 0 amide bonds. The minimum absolute atomic E-state index is 0.576. The van der Waals surface area contributed by atoms with Gasteiger partial charge in [0.25, 0.3) is 0 Å². The van der Waals surface area contributed by atoms with Crippen LogP contribution in [0.25, 0.3) is 0 Å². The average molecular weight is 215 g/mol. The lowest BCUT2D eigenvalue weighted by Gasteiger charge is -2.08. The SMILES string of the molecule is CCCCCc1[c]ccc(C(F)(F)F)c1. The maximum absolute atomic E-state index is 12.3. The monoisotopic (exact) mass is 215 g/mol. The number of hydrogen-bond acceptors (Lipinski definition) is 0. The smallest absolute Gasteiger partial charge is 0.166 e. The minimum atomic E-state index is -4.24. The molecule has 15 heavy (non-hydrogen) atoms. The van der Waals surface area contributed by atoms with Gasteiger partial charge >= 0.3 is 6.18 Å². The van der Waals surface area contributed by atoms with Crippen molar-refractivity contribution in [3.05, 3.63) is 35.4 Å². The van der Waals surface area contributed by atoms with Gasteiger partial charge in [0.1, 0.15) is 0 Å². The van der Waals surface area contributed by atoms with Gasteiger partial charge in [0.2, 0.25) is 0 Å². The molecule has 0 saturated carbocycles. The predicted molar refractivity (Wildman–Crippen MR) is 53.5 cm³/mol. The Morgan fingerprint density at radius 3 is 2.60 bits per heavy atom. The van der Waals surface area contributed by atoms with E-state index in [9.17, 15) is 13.2 Å². The van der Waals surface area contributed by atoms with Crippen molar-refractivity contribution >= 4 is 0 Å². The third-order valence-electron chi connectivity index (χ3n) is 2.24. The van der Waals surface area contributed by atoms with E-state index in [2.05, 4.69) is 13.0 Å². The van der Waals surface area contributed by atoms with Gasteiger partial charge in [-0.1, -0.05) is 25.8 Å². The Hall–Kier alpha value is -0.990. The topological polar surface area (TPSA) is 0 Å². The lowest BCUT2D eigenvalue weighted by molar-refractivity contribution is -0.137. The maximum Gasteiger partial charge on any atom is 0.416 e. The molecular weight excluding hydrogens is 201 g/mol. The van der Waals surface area contributed by atoms with Crippen LogP contribution in [0.4, 0.5) is 13.2 Å². The van der Waals surface area contributed by atoms with Gasteiger partial charge in [0, 0.05) is 0 Å². The molecule has 0 saturated heterocycles. The number of benzene rings is 1. The van der Waals surface area contributed by atoms with Crippen LogP contribution in [-0.4, -0.2) is 0 Å². The summed E-state index contributed by atoms with van der Waals surface area (Å²) in [5.41, 5.74) is 0.0750. The number of halogens is 3. The van der Waals surface area contributed by atoms with E-state index in [1.165, 1.54) is 12.1 Å². The van der Waals surface area contributed by atoms with E-state index in [1.807, 2.05) is 0 Å². The van der Waals surface area contributed by atoms with E-state index in [0.29, 0.717) is 12.0 Å². The molecule has 0 unspecified atom stereocenters. The van der Waals surface area contributed by atoms with Gasteiger partial charge in [-0.05, 0) is 36.6 Å². The van der Waals surface area contributed by atoms with E-state index < -0.39 is 11.7 Å². The lowest BCUT2D eigenvalue weighted by atomic mass is 10.0. The van der Waals surface area contributed by atoms with E-state index in [4.69, 9.17) is 0 Å². The molecule has 3 heteroatoms. The molecule has 1 radical (unpaired) electrons. The first-order chi connectivity index (χ1) is 7.04. The fraction of sp³-hybridized carbons (Fsp3) is 0.500. The lowest BCUT2D eigenvalue weighted by Crippen LogP contribution is -2.05. The highest BCUT2D eigenvalue weighted by Gasteiger charge is 2.30. The Bertz CT molecular complexity index is 302. The number of aryl methyl sites for hydroxylation is 1. The Kier molecular flexibility index (Phi) is 4.18. The van der Waals surface area contributed by atoms with Crippen molar-refractivity contribution in [2.24, 2.45) is 0 Å². The second-order valence-corrected chi connectivity index (χ2v) is 3.56. The summed E-state index contributed by atoms with van der Waals surface area (Å²) >= 11 is 0. The summed E-state index contributed by atoms with van der Waals surface area (Å²) in [6.07, 6.45) is -0.524. The molecule has 0 N–H and O–H groups in total. The van der Waals surface area contributed by atoms with Gasteiger partial charge < -0.3 is 0 Å². The van der Waals surface area contributed by atoms with Crippen LogP contribution in [-0.2, 0) is 12.6 Å². The third-order valence-corrected chi connectivity index (χ3v) is 2.24. The maximum atomic E-state index is 12.3. The van der Waals surface area contributed by atoms with Crippen molar-refractivity contribution in [3.8, 4) is 0 Å². The van der Waals surface area contributed by atoms with Crippen LogP contribution in [0.1, 0.15) is 37.3 Å². The Morgan fingerprint density at radius 2 is 2.00 bits per heavy atom. The standard InChI is InChI=1S/C12H14F3/c1-2-3-4-6-10-7-5-8-11(9-10)12(13,14)15/h5,8-9H,2-4,6H2,1H3. The fourth-order valence-electron chi connectivity index (χ4n) is 1.40. The van der Waals surface area contributed by atoms with Crippen LogP contribution < -0.4 is 0 Å². The van der Waals surface area contributed by atoms with Crippen molar-refractivity contribution in [1.82, 2.24) is 0 Å². The molecule has 0 spiro atoms. The molecule has 0 aliphatic rings. The molecule has 1 aromatic carbocycles. The van der Waals surface area contributed by atoms with Gasteiger partial charge in [-0.15, -0.1) is 0 Å². The summed E-state index contributed by atoms with van der Waals surface area (Å²) in [5, 5.41) is 0. The van der Waals surface area contributed by atoms with Crippen LogP contribution in [0.2, 0.25) is 0 Å². The number of hydrogen-bond donors (Lipinski definition) is 0. The third kappa shape index (κ3) is 3.94. The normalized spacial score (nSPS) is 11.7. The number of unbranched alkanes of at least 4 members (excludes halogenated alkanes) is 2. The van der Waals surface area contributed by atoms with Crippen molar-refractivity contribution in [2.75, 3.05) is 0 Å². The first-order valence-electron chi connectivity index (χ1n) is 5.12. The summed E-state index contributed by atoms with van der Waals surface area (Å²) < 4.78 is 37.0. The van der Waals surface area contributed by atoms with Crippen LogP contribution >= 0.6 is 0 Å². The Labute approximate surface area is 88.1 Å². The molecule has 0 aliphatic carbocycles. The van der Waals surface area contributed by atoms with Gasteiger partial charge in [0.05, 0.1) is 5.56 Å². The molecule has 0 fully saturated rings. The predicted octanol–water partition coefficient (Wildman–Crippen LogP) is 4.24. The summed E-state index contributed by atoms with van der Waals surface area (Å²) in [6.45, 7) is 2.07. The second-order valence-electron chi connectivity index (χ2n) is 3.56. The summed E-state index contributed by atoms with van der Waals surface area (Å²) in [5.74, 6) is 0. The minimum Gasteiger partial charge on any atom is -0.166 e. The molecular formula is C12H14F3. The van der Waals surface area contributed by atoms with Gasteiger partial charge in [-0.2, -0.15) is 13.2 Å². The first-order valence-corrected chi connectivity index (χ1v) is 5.12. The molecule has 0 atom stereocenters. The van der Waals surface area contributed by atoms with E-state index in [1.54, 1.807) is 0 Å². The van der Waals surface area contributed by atoms with Crippen molar-refractivity contribution < 1.29 is 13.2 Å². The van der Waals surface area contributed by atoms with Crippen LogP contribution in [0.15, 0.2) is 18.2 Å². The Morgan fingerprint density at radius 1 is 1.27 bits per heavy atom. The second kappa shape index (κ2) is 5.19. The quantitative estimate of drug-likeness (QED) is 0.659. The van der Waals surface area contributed by atoms with E-state index in [-0.39, 0.29) is 0 Å². The van der Waals surface area contributed by atoms with Crippen LogP contribution in [0, 0.1) is 6.07 Å². The number of alkyl halides is 3. The van der Waals surface area contributed by atoms with Gasteiger partial charge in [-0.25, -0.2) is 0 Å². The van der Waals surface area contributed by atoms with Gasteiger partial charge in [0.15, 0.2) is 0 Å². The first kappa shape index (κ1) is 12.1. The van der Waals surface area contributed by atoms with Crippen molar-refractivity contribution in [1.29, 1.82) is 0 Å². The highest BCUT2D eigenvalue weighted by molar-refractivity contribution is 5.24. The number of rotatable bonds is 4. The molecule has 0 bridgehead atoms. The average Bonchev–Trinajstić information content (AvgIpc) is 2.17. The zero-order chi connectivity index (χ0) is 11.3. The zero-order valence-electron chi connectivity index (χ0n) is 8.69. The summed E-state index contributed by atoms with van der Waals surface area (Å²) in [7, 11) is 0. The molecule has 83 valence electrons. The highest BCUT2D eigenvalue weighted by atomic mass is 19.4. The zero-order valence-corrected chi connectivity index (χ0v) is 8.69.